The summed E-state index contributed by atoms with van der Waals surface area (Å²) in [6, 6.07) is 5.85. The van der Waals surface area contributed by atoms with Crippen LogP contribution >= 0.6 is 0 Å². The summed E-state index contributed by atoms with van der Waals surface area (Å²) in [4.78, 5) is 11.2. The van der Waals surface area contributed by atoms with E-state index in [9.17, 15) is 13.2 Å². The van der Waals surface area contributed by atoms with Gasteiger partial charge in [0.2, 0.25) is 15.9 Å². The number of amides is 1. The van der Waals surface area contributed by atoms with Crippen LogP contribution in [-0.2, 0) is 10.0 Å². The summed E-state index contributed by atoms with van der Waals surface area (Å²) in [5.41, 5.74) is 5.46. The number of sulfonamides is 1. The molecule has 0 unspecified atom stereocenters. The lowest BCUT2D eigenvalue weighted by Crippen LogP contribution is -2.38. The second kappa shape index (κ2) is 5.93. The van der Waals surface area contributed by atoms with E-state index in [-0.39, 0.29) is 10.9 Å². The van der Waals surface area contributed by atoms with Crippen LogP contribution in [0.3, 0.4) is 0 Å². The minimum absolute atomic E-state index is 0.0737. The van der Waals surface area contributed by atoms with Gasteiger partial charge in [0, 0.05) is 18.7 Å². The SMILES string of the molecule is CN(C1CCCCC1)S(=O)(=O)c1ccc(C(N)=O)cc1. The maximum absolute atomic E-state index is 12.5. The fraction of sp³-hybridized carbons (Fsp3) is 0.500. The Morgan fingerprint density at radius 2 is 1.70 bits per heavy atom. The van der Waals surface area contributed by atoms with Crippen LogP contribution < -0.4 is 5.73 Å². The molecular formula is C14H20N2O3S. The highest BCUT2D eigenvalue weighted by atomic mass is 32.2. The second-order valence-corrected chi connectivity index (χ2v) is 7.20. The number of benzene rings is 1. The molecule has 1 aromatic carbocycles. The Morgan fingerprint density at radius 1 is 1.15 bits per heavy atom. The summed E-state index contributed by atoms with van der Waals surface area (Å²) in [6.07, 6.45) is 5.15. The Kier molecular flexibility index (Phi) is 4.45. The summed E-state index contributed by atoms with van der Waals surface area (Å²) in [5, 5.41) is 0. The van der Waals surface area contributed by atoms with Crippen LogP contribution in [0.2, 0.25) is 0 Å². The van der Waals surface area contributed by atoms with E-state index in [1.165, 1.54) is 35.0 Å². The third kappa shape index (κ3) is 3.02. The molecule has 1 aliphatic rings. The Hall–Kier alpha value is -1.40. The molecule has 1 aromatic rings. The van der Waals surface area contributed by atoms with Gasteiger partial charge in [0.25, 0.3) is 0 Å². The topological polar surface area (TPSA) is 80.5 Å². The van der Waals surface area contributed by atoms with E-state index in [1.807, 2.05) is 0 Å². The number of carbonyl (C=O) groups excluding carboxylic acids is 1. The first kappa shape index (κ1) is 15.0. The maximum Gasteiger partial charge on any atom is 0.248 e. The van der Waals surface area contributed by atoms with Crippen LogP contribution in [0.1, 0.15) is 42.5 Å². The monoisotopic (exact) mass is 296 g/mol. The van der Waals surface area contributed by atoms with Gasteiger partial charge in [0.15, 0.2) is 0 Å². The van der Waals surface area contributed by atoms with Crippen molar-refractivity contribution in [3.63, 3.8) is 0 Å². The van der Waals surface area contributed by atoms with Crippen LogP contribution in [0.15, 0.2) is 29.2 Å². The molecule has 0 spiro atoms. The zero-order chi connectivity index (χ0) is 14.8. The fourth-order valence-corrected chi connectivity index (χ4v) is 4.01. The summed E-state index contributed by atoms with van der Waals surface area (Å²) >= 11 is 0. The predicted octanol–water partition coefficient (Wildman–Crippen LogP) is 1.74. The highest BCUT2D eigenvalue weighted by Gasteiger charge is 2.28. The lowest BCUT2D eigenvalue weighted by atomic mass is 9.96. The zero-order valence-corrected chi connectivity index (χ0v) is 12.4. The van der Waals surface area contributed by atoms with Crippen molar-refractivity contribution in [3.05, 3.63) is 29.8 Å². The van der Waals surface area contributed by atoms with Crippen LogP contribution in [0.4, 0.5) is 0 Å². The lowest BCUT2D eigenvalue weighted by molar-refractivity contribution is 0.1000. The fourth-order valence-electron chi connectivity index (χ4n) is 2.60. The number of hydrogen-bond donors (Lipinski definition) is 1. The lowest BCUT2D eigenvalue weighted by Gasteiger charge is -2.30. The molecule has 0 aromatic heterocycles. The Balaban J connectivity index is 2.22. The van der Waals surface area contributed by atoms with Gasteiger partial charge in [-0.05, 0) is 37.1 Å². The van der Waals surface area contributed by atoms with Gasteiger partial charge in [-0.15, -0.1) is 0 Å². The number of carbonyl (C=O) groups is 1. The normalized spacial score (nSPS) is 17.3. The molecule has 0 atom stereocenters. The number of primary amides is 1. The van der Waals surface area contributed by atoms with E-state index in [0.29, 0.717) is 5.56 Å². The summed E-state index contributed by atoms with van der Waals surface area (Å²) in [7, 11) is -1.87. The van der Waals surface area contributed by atoms with Crippen LogP contribution in [0, 0.1) is 0 Å². The molecular weight excluding hydrogens is 276 g/mol. The van der Waals surface area contributed by atoms with Gasteiger partial charge < -0.3 is 5.73 Å². The Morgan fingerprint density at radius 3 is 2.20 bits per heavy atom. The van der Waals surface area contributed by atoms with E-state index < -0.39 is 15.9 Å². The van der Waals surface area contributed by atoms with Gasteiger partial charge in [-0.3, -0.25) is 4.79 Å². The molecule has 0 bridgehead atoms. The highest BCUT2D eigenvalue weighted by molar-refractivity contribution is 7.89. The van der Waals surface area contributed by atoms with Crippen molar-refractivity contribution in [2.24, 2.45) is 5.73 Å². The van der Waals surface area contributed by atoms with Crippen molar-refractivity contribution < 1.29 is 13.2 Å². The van der Waals surface area contributed by atoms with Gasteiger partial charge >= 0.3 is 0 Å². The summed E-state index contributed by atoms with van der Waals surface area (Å²) < 4.78 is 26.5. The first-order valence-corrected chi connectivity index (χ1v) is 8.25. The Bertz CT molecular complexity index is 575. The molecule has 6 heteroatoms. The van der Waals surface area contributed by atoms with Gasteiger partial charge in [-0.25, -0.2) is 8.42 Å². The molecule has 2 N–H and O–H groups in total. The molecule has 0 aliphatic heterocycles. The van der Waals surface area contributed by atoms with Crippen molar-refractivity contribution in [3.8, 4) is 0 Å². The standard InChI is InChI=1S/C14H20N2O3S/c1-16(12-5-3-2-4-6-12)20(18,19)13-9-7-11(8-10-13)14(15)17/h7-10,12H,2-6H2,1H3,(H2,15,17). The highest BCUT2D eigenvalue weighted by Crippen LogP contribution is 2.26. The second-order valence-electron chi connectivity index (χ2n) is 5.20. The molecule has 0 saturated heterocycles. The third-order valence-corrected chi connectivity index (χ3v) is 5.83. The van der Waals surface area contributed by atoms with Crippen molar-refractivity contribution in [1.82, 2.24) is 4.31 Å². The molecule has 0 radical (unpaired) electrons. The minimum Gasteiger partial charge on any atom is -0.366 e. The molecule has 0 heterocycles. The van der Waals surface area contributed by atoms with Crippen molar-refractivity contribution in [2.45, 2.75) is 43.0 Å². The molecule has 110 valence electrons. The van der Waals surface area contributed by atoms with Crippen LogP contribution in [0.5, 0.6) is 0 Å². The number of hydrogen-bond acceptors (Lipinski definition) is 3. The molecule has 1 amide bonds. The smallest absolute Gasteiger partial charge is 0.248 e. The van der Waals surface area contributed by atoms with E-state index in [0.717, 1.165) is 25.7 Å². The molecule has 20 heavy (non-hydrogen) atoms. The average Bonchev–Trinajstić information content (AvgIpc) is 2.47. The van der Waals surface area contributed by atoms with Gasteiger partial charge in [0.05, 0.1) is 4.90 Å². The van der Waals surface area contributed by atoms with Crippen LogP contribution in [0.25, 0.3) is 0 Å². The summed E-state index contributed by atoms with van der Waals surface area (Å²) in [5.74, 6) is -0.561. The number of nitrogens with zero attached hydrogens (tertiary/aromatic N) is 1. The van der Waals surface area contributed by atoms with Crippen LogP contribution in [-0.4, -0.2) is 31.7 Å². The van der Waals surface area contributed by atoms with E-state index in [1.54, 1.807) is 7.05 Å². The maximum atomic E-state index is 12.5. The third-order valence-electron chi connectivity index (χ3n) is 3.90. The van der Waals surface area contributed by atoms with Crippen molar-refractivity contribution >= 4 is 15.9 Å². The number of rotatable bonds is 4. The predicted molar refractivity (Wildman–Crippen MR) is 76.8 cm³/mol. The molecule has 2 rings (SSSR count). The average molecular weight is 296 g/mol. The van der Waals surface area contributed by atoms with Crippen molar-refractivity contribution in [2.75, 3.05) is 7.05 Å². The first-order valence-electron chi connectivity index (χ1n) is 6.81. The van der Waals surface area contributed by atoms with Gasteiger partial charge in [-0.2, -0.15) is 4.31 Å². The quantitative estimate of drug-likeness (QED) is 0.919. The first-order chi connectivity index (χ1) is 9.43. The molecule has 1 saturated carbocycles. The minimum atomic E-state index is -3.50. The Labute approximate surface area is 119 Å². The summed E-state index contributed by atoms with van der Waals surface area (Å²) in [6.45, 7) is 0. The van der Waals surface area contributed by atoms with Gasteiger partial charge in [-0.1, -0.05) is 19.3 Å². The zero-order valence-electron chi connectivity index (χ0n) is 11.6. The van der Waals surface area contributed by atoms with E-state index in [2.05, 4.69) is 0 Å². The van der Waals surface area contributed by atoms with Gasteiger partial charge in [0.1, 0.15) is 0 Å². The molecule has 5 nitrogen and oxygen atoms in total. The van der Waals surface area contributed by atoms with E-state index >= 15 is 0 Å². The molecule has 1 aliphatic carbocycles. The van der Waals surface area contributed by atoms with E-state index in [4.69, 9.17) is 5.73 Å². The van der Waals surface area contributed by atoms with Crippen molar-refractivity contribution in [1.29, 1.82) is 0 Å². The largest absolute Gasteiger partial charge is 0.366 e. The molecule has 1 fully saturated rings. The number of nitrogens with two attached hydrogens (primary N) is 1.